The number of hydrogen-bond donors (Lipinski definition) is 2. The first-order valence-electron chi connectivity index (χ1n) is 3.26. The molecule has 84 valence electrons. The second-order valence-electron chi connectivity index (χ2n) is 2.15. The van der Waals surface area contributed by atoms with Gasteiger partial charge in [-0.3, -0.25) is 0 Å². The number of nitrogens with zero attached hydrogens (tertiary/aromatic N) is 1. The van der Waals surface area contributed by atoms with Crippen LogP contribution in [0.3, 0.4) is 0 Å². The summed E-state index contributed by atoms with van der Waals surface area (Å²) in [4.78, 5) is 17.2. The van der Waals surface area contributed by atoms with Crippen molar-refractivity contribution in [3.05, 3.63) is 15.0 Å². The third-order valence-corrected chi connectivity index (χ3v) is 2.35. The average molecular weight is 262 g/mol. The van der Waals surface area contributed by atoms with E-state index < -0.39 is 27.2 Å². The molecule has 5 nitrogen and oxygen atoms in total. The molecule has 1 aromatic heterocycles. The Labute approximate surface area is 89.9 Å². The highest BCUT2D eigenvalue weighted by Crippen LogP contribution is 2.36. The normalized spacial score (nSPS) is 11.5. The molecule has 15 heavy (non-hydrogen) atoms. The molecule has 0 saturated heterocycles. The highest BCUT2D eigenvalue weighted by atomic mass is 35.5. The van der Waals surface area contributed by atoms with Gasteiger partial charge in [-0.1, -0.05) is 28.5 Å². The Morgan fingerprint density at radius 3 is 2.67 bits per heavy atom. The molecule has 0 aliphatic rings. The molecule has 3 N–H and O–H groups in total. The lowest BCUT2D eigenvalue weighted by atomic mass is 10.3. The van der Waals surface area contributed by atoms with Crippen LogP contribution in [0.2, 0.25) is 4.47 Å². The van der Waals surface area contributed by atoms with Crippen molar-refractivity contribution >= 4 is 28.9 Å². The summed E-state index contributed by atoms with van der Waals surface area (Å²) < 4.78 is 36.5. The summed E-state index contributed by atoms with van der Waals surface area (Å²) in [5.41, 5.74) is 0.0818. The number of carbonyl (C=O) groups is 1. The fourth-order valence-electron chi connectivity index (χ4n) is 0.724. The topological polar surface area (TPSA) is 77.2 Å². The van der Waals surface area contributed by atoms with Gasteiger partial charge >= 0.3 is 12.1 Å². The number of halogens is 4. The van der Waals surface area contributed by atoms with Crippen LogP contribution in [0.25, 0.3) is 0 Å². The van der Waals surface area contributed by atoms with Gasteiger partial charge in [0.25, 0.3) is 0 Å². The predicted octanol–water partition coefficient (Wildman–Crippen LogP) is 1.35. The zero-order valence-corrected chi connectivity index (χ0v) is 8.33. The predicted molar refractivity (Wildman–Crippen MR) is 44.9 cm³/mol. The Morgan fingerprint density at radius 1 is 1.60 bits per heavy atom. The van der Waals surface area contributed by atoms with Gasteiger partial charge in [0.2, 0.25) is 0 Å². The monoisotopic (exact) mass is 261 g/mol. The van der Waals surface area contributed by atoms with Crippen molar-refractivity contribution in [3.63, 3.8) is 0 Å². The van der Waals surface area contributed by atoms with E-state index in [1.54, 1.807) is 0 Å². The van der Waals surface area contributed by atoms with Crippen molar-refractivity contribution < 1.29 is 22.8 Å². The summed E-state index contributed by atoms with van der Waals surface area (Å²) in [6.07, 6.45) is -4.77. The molecule has 0 aliphatic carbocycles. The summed E-state index contributed by atoms with van der Waals surface area (Å²) in [5.74, 6) is 3.31. The molecule has 0 aliphatic heterocycles. The molecular formula is C5H3ClF3N3O2S. The van der Waals surface area contributed by atoms with E-state index >= 15 is 0 Å². The number of hydrogen-bond acceptors (Lipinski definition) is 6. The number of alkyl halides is 3. The van der Waals surface area contributed by atoms with Crippen LogP contribution in [0.4, 0.5) is 13.2 Å². The van der Waals surface area contributed by atoms with Crippen LogP contribution < -0.4 is 11.4 Å². The minimum atomic E-state index is -4.77. The number of hydrazine groups is 1. The van der Waals surface area contributed by atoms with Crippen LogP contribution in [-0.2, 0) is 11.0 Å². The lowest BCUT2D eigenvalue weighted by Gasteiger charge is -2.04. The molecule has 0 saturated carbocycles. The summed E-state index contributed by atoms with van der Waals surface area (Å²) in [6, 6.07) is 0. The van der Waals surface area contributed by atoms with E-state index in [-0.39, 0.29) is 0 Å². The van der Waals surface area contributed by atoms with Gasteiger partial charge in [0.15, 0.2) is 10.2 Å². The maximum atomic E-state index is 12.3. The first kappa shape index (κ1) is 12.2. The average Bonchev–Trinajstić information content (AvgIpc) is 2.47. The third kappa shape index (κ3) is 2.78. The molecule has 0 fully saturated rings. The standard InChI is InChI=1S/C5H3ClF3N3O2S/c6-4-11-2(5(7,8)9)1(15-4)3(13)14-12-10/h12H,10H2. The maximum Gasteiger partial charge on any atom is 0.435 e. The molecule has 0 amide bonds. The quantitative estimate of drug-likeness (QED) is 0.621. The number of rotatable bonds is 2. The summed E-state index contributed by atoms with van der Waals surface area (Å²) in [6.45, 7) is 0. The molecule has 1 aromatic rings. The molecule has 1 heterocycles. The van der Waals surface area contributed by atoms with Crippen LogP contribution in [0.15, 0.2) is 0 Å². The first-order valence-corrected chi connectivity index (χ1v) is 4.46. The Balaban J connectivity index is 3.12. The highest BCUT2D eigenvalue weighted by molar-refractivity contribution is 7.17. The fraction of sp³-hybridized carbons (Fsp3) is 0.200. The maximum absolute atomic E-state index is 12.3. The third-order valence-electron chi connectivity index (χ3n) is 1.21. The fourth-order valence-corrected chi connectivity index (χ4v) is 1.73. The Kier molecular flexibility index (Phi) is 3.50. The lowest BCUT2D eigenvalue weighted by molar-refractivity contribution is -0.141. The molecular weight excluding hydrogens is 259 g/mol. The summed E-state index contributed by atoms with van der Waals surface area (Å²) in [7, 11) is 0. The van der Waals surface area contributed by atoms with Crippen LogP contribution in [0.1, 0.15) is 15.4 Å². The SMILES string of the molecule is NNOC(=O)c1sc(Cl)nc1C(F)(F)F. The second-order valence-corrected chi connectivity index (χ2v) is 3.73. The Hall–Kier alpha value is -0.900. The molecule has 10 heteroatoms. The van der Waals surface area contributed by atoms with Gasteiger partial charge in [-0.25, -0.2) is 15.6 Å². The highest BCUT2D eigenvalue weighted by Gasteiger charge is 2.40. The van der Waals surface area contributed by atoms with E-state index in [1.165, 1.54) is 5.59 Å². The smallest absolute Gasteiger partial charge is 0.351 e. The van der Waals surface area contributed by atoms with E-state index in [0.717, 1.165) is 0 Å². The van der Waals surface area contributed by atoms with Crippen molar-refractivity contribution in [3.8, 4) is 0 Å². The number of nitrogens with one attached hydrogen (secondary N) is 1. The number of aromatic nitrogens is 1. The Morgan fingerprint density at radius 2 is 2.20 bits per heavy atom. The second kappa shape index (κ2) is 4.31. The van der Waals surface area contributed by atoms with Gasteiger partial charge in [0.1, 0.15) is 4.88 Å². The van der Waals surface area contributed by atoms with Gasteiger partial charge in [0.05, 0.1) is 0 Å². The van der Waals surface area contributed by atoms with Gasteiger partial charge in [0, 0.05) is 0 Å². The van der Waals surface area contributed by atoms with Crippen LogP contribution in [0, 0.1) is 0 Å². The van der Waals surface area contributed by atoms with Crippen LogP contribution in [0.5, 0.6) is 0 Å². The molecule has 1 rings (SSSR count). The van der Waals surface area contributed by atoms with E-state index in [0.29, 0.717) is 11.3 Å². The van der Waals surface area contributed by atoms with Crippen molar-refractivity contribution in [1.29, 1.82) is 0 Å². The van der Waals surface area contributed by atoms with Crippen LogP contribution >= 0.6 is 22.9 Å². The molecule has 0 aromatic carbocycles. The van der Waals surface area contributed by atoms with Crippen molar-refractivity contribution in [1.82, 2.24) is 10.6 Å². The molecule has 0 unspecified atom stereocenters. The summed E-state index contributed by atoms with van der Waals surface area (Å²) >= 11 is 5.62. The molecule has 0 bridgehead atoms. The van der Waals surface area contributed by atoms with Crippen molar-refractivity contribution in [2.45, 2.75) is 6.18 Å². The molecule has 0 radical (unpaired) electrons. The number of nitrogens with two attached hydrogens (primary N) is 1. The van der Waals surface area contributed by atoms with E-state index in [2.05, 4.69) is 15.7 Å². The first-order chi connectivity index (χ1) is 6.86. The lowest BCUT2D eigenvalue weighted by Crippen LogP contribution is -2.27. The van der Waals surface area contributed by atoms with Gasteiger partial charge in [-0.05, 0) is 0 Å². The van der Waals surface area contributed by atoms with Gasteiger partial charge < -0.3 is 4.84 Å². The largest absolute Gasteiger partial charge is 0.435 e. The van der Waals surface area contributed by atoms with E-state index in [1.807, 2.05) is 0 Å². The van der Waals surface area contributed by atoms with E-state index in [4.69, 9.17) is 11.6 Å². The molecule has 0 spiro atoms. The van der Waals surface area contributed by atoms with Crippen LogP contribution in [-0.4, -0.2) is 11.0 Å². The number of carbonyl (C=O) groups excluding carboxylic acids is 1. The summed E-state index contributed by atoms with van der Waals surface area (Å²) in [5, 5.41) is 0. The van der Waals surface area contributed by atoms with Gasteiger partial charge in [-0.15, -0.1) is 0 Å². The minimum absolute atomic E-state index is 0.354. The Bertz CT molecular complexity index is 380. The number of thiazole rings is 1. The van der Waals surface area contributed by atoms with E-state index in [9.17, 15) is 18.0 Å². The van der Waals surface area contributed by atoms with Gasteiger partial charge in [-0.2, -0.15) is 13.2 Å². The minimum Gasteiger partial charge on any atom is -0.351 e. The zero-order chi connectivity index (χ0) is 11.6. The van der Waals surface area contributed by atoms with Crippen molar-refractivity contribution in [2.24, 2.45) is 5.84 Å². The zero-order valence-electron chi connectivity index (χ0n) is 6.76. The molecule has 0 atom stereocenters. The van der Waals surface area contributed by atoms with Crippen molar-refractivity contribution in [2.75, 3.05) is 0 Å².